The van der Waals surface area contributed by atoms with Crippen LogP contribution in [0.15, 0.2) is 69.5 Å². The van der Waals surface area contributed by atoms with Gasteiger partial charge in [0, 0.05) is 34.4 Å². The minimum Gasteiger partial charge on any atom is -0.460 e. The summed E-state index contributed by atoms with van der Waals surface area (Å²) in [4.78, 5) is 0. The number of benzene rings is 4. The smallest absolute Gasteiger partial charge is 0.142 e. The van der Waals surface area contributed by atoms with Crippen LogP contribution >= 0.6 is 0 Å². The maximum atomic E-state index is 6.51. The van der Waals surface area contributed by atoms with Gasteiger partial charge in [-0.2, -0.15) is 0 Å². The van der Waals surface area contributed by atoms with Crippen LogP contribution in [0.3, 0.4) is 0 Å². The van der Waals surface area contributed by atoms with E-state index in [-0.39, 0.29) is 0 Å². The molecule has 0 spiro atoms. The van der Waals surface area contributed by atoms with E-state index >= 15 is 0 Å². The van der Waals surface area contributed by atoms with Gasteiger partial charge in [0.05, 0.1) is 0 Å². The molecule has 2 aromatic heterocycles. The highest BCUT2D eigenvalue weighted by Crippen LogP contribution is 2.38. The number of hydrogen-bond donors (Lipinski definition) is 0. The van der Waals surface area contributed by atoms with Gasteiger partial charge in [0.15, 0.2) is 0 Å². The maximum Gasteiger partial charge on any atom is 0.142 e. The van der Waals surface area contributed by atoms with E-state index in [9.17, 15) is 0 Å². The SMILES string of the molecule is CCCCCCCCCCCc1cc2ccc3c4ccc5c(ccc6cc(CCCCCCCCCCC)oc65)c4ccc3c2o1. The van der Waals surface area contributed by atoms with Crippen molar-refractivity contribution in [1.82, 2.24) is 0 Å². The molecule has 244 valence electrons. The highest BCUT2D eigenvalue weighted by Gasteiger charge is 2.14. The Morgan fingerprint density at radius 1 is 0.348 bits per heavy atom. The Kier molecular flexibility index (Phi) is 11.7. The van der Waals surface area contributed by atoms with Crippen molar-refractivity contribution in [2.75, 3.05) is 0 Å². The predicted octanol–water partition coefficient (Wildman–Crippen LogP) is 14.8. The average molecular weight is 617 g/mol. The normalized spacial score (nSPS) is 12.1. The summed E-state index contributed by atoms with van der Waals surface area (Å²) in [6, 6.07) is 22.7. The number of furan rings is 2. The van der Waals surface area contributed by atoms with Crippen molar-refractivity contribution < 1.29 is 8.83 Å². The van der Waals surface area contributed by atoms with Crippen molar-refractivity contribution in [2.24, 2.45) is 0 Å². The molecule has 2 heteroatoms. The van der Waals surface area contributed by atoms with Gasteiger partial charge in [0.1, 0.15) is 22.7 Å². The third-order valence-electron chi connectivity index (χ3n) is 10.3. The van der Waals surface area contributed by atoms with Crippen LogP contribution < -0.4 is 0 Å². The summed E-state index contributed by atoms with van der Waals surface area (Å²) in [6.07, 6.45) is 26.4. The molecule has 0 saturated carbocycles. The number of rotatable bonds is 20. The van der Waals surface area contributed by atoms with Crippen LogP contribution in [0.1, 0.15) is 141 Å². The van der Waals surface area contributed by atoms with Crippen LogP contribution in [-0.4, -0.2) is 0 Å². The van der Waals surface area contributed by atoms with Crippen LogP contribution in [0, 0.1) is 0 Å². The van der Waals surface area contributed by atoms with Crippen LogP contribution in [0.5, 0.6) is 0 Å². The highest BCUT2D eigenvalue weighted by molar-refractivity contribution is 6.23. The molecule has 0 unspecified atom stereocenters. The van der Waals surface area contributed by atoms with E-state index in [1.54, 1.807) is 0 Å². The Bertz CT molecular complexity index is 1700. The van der Waals surface area contributed by atoms with Crippen molar-refractivity contribution in [3.05, 3.63) is 72.2 Å². The molecule has 0 aliphatic rings. The van der Waals surface area contributed by atoms with E-state index < -0.39 is 0 Å². The molecule has 0 radical (unpaired) electrons. The highest BCUT2D eigenvalue weighted by atomic mass is 16.3. The summed E-state index contributed by atoms with van der Waals surface area (Å²) >= 11 is 0. The molecule has 2 nitrogen and oxygen atoms in total. The number of unbranched alkanes of at least 4 members (excludes halogenated alkanes) is 16. The molecule has 0 N–H and O–H groups in total. The van der Waals surface area contributed by atoms with Crippen LogP contribution in [0.25, 0.3) is 54.3 Å². The zero-order valence-corrected chi connectivity index (χ0v) is 28.7. The van der Waals surface area contributed by atoms with E-state index in [1.807, 2.05) is 0 Å². The third-order valence-corrected chi connectivity index (χ3v) is 10.3. The van der Waals surface area contributed by atoms with E-state index in [0.717, 1.165) is 35.5 Å². The summed E-state index contributed by atoms with van der Waals surface area (Å²) in [6.45, 7) is 4.58. The van der Waals surface area contributed by atoms with Crippen LogP contribution in [0.4, 0.5) is 0 Å². The lowest BCUT2D eigenvalue weighted by Crippen LogP contribution is -1.84. The fourth-order valence-corrected chi connectivity index (χ4v) is 7.61. The summed E-state index contributed by atoms with van der Waals surface area (Å²) in [7, 11) is 0. The van der Waals surface area contributed by atoms with Gasteiger partial charge in [-0.05, 0) is 58.7 Å². The first-order chi connectivity index (χ1) is 22.8. The average Bonchev–Trinajstić information content (AvgIpc) is 3.70. The first-order valence-corrected chi connectivity index (χ1v) is 19.0. The fraction of sp³-hybridized carbons (Fsp3) is 0.500. The van der Waals surface area contributed by atoms with Gasteiger partial charge < -0.3 is 8.83 Å². The molecular weight excluding hydrogens is 560 g/mol. The molecule has 46 heavy (non-hydrogen) atoms. The fourth-order valence-electron chi connectivity index (χ4n) is 7.61. The van der Waals surface area contributed by atoms with Crippen LogP contribution in [-0.2, 0) is 12.8 Å². The van der Waals surface area contributed by atoms with E-state index in [2.05, 4.69) is 74.5 Å². The molecule has 4 aromatic carbocycles. The lowest BCUT2D eigenvalue weighted by atomic mass is 9.95. The van der Waals surface area contributed by atoms with Crippen LogP contribution in [0.2, 0.25) is 0 Å². The van der Waals surface area contributed by atoms with Gasteiger partial charge in [-0.1, -0.05) is 153 Å². The maximum absolute atomic E-state index is 6.51. The van der Waals surface area contributed by atoms with Crippen molar-refractivity contribution in [1.29, 1.82) is 0 Å². The van der Waals surface area contributed by atoms with Crippen molar-refractivity contribution >= 4 is 54.3 Å². The zero-order valence-electron chi connectivity index (χ0n) is 28.7. The summed E-state index contributed by atoms with van der Waals surface area (Å²) in [5, 5.41) is 9.96. The Balaban J connectivity index is 1.11. The van der Waals surface area contributed by atoms with Gasteiger partial charge in [-0.15, -0.1) is 0 Å². The molecule has 0 atom stereocenters. The summed E-state index contributed by atoms with van der Waals surface area (Å²) in [5.41, 5.74) is 2.07. The predicted molar refractivity (Wildman–Crippen MR) is 200 cm³/mol. The monoisotopic (exact) mass is 616 g/mol. The second-order valence-corrected chi connectivity index (χ2v) is 14.0. The molecule has 6 aromatic rings. The van der Waals surface area contributed by atoms with Gasteiger partial charge >= 0.3 is 0 Å². The summed E-state index contributed by atoms with van der Waals surface area (Å²) < 4.78 is 13.0. The molecule has 0 aliphatic heterocycles. The van der Waals surface area contributed by atoms with Gasteiger partial charge in [0.25, 0.3) is 0 Å². The number of aryl methyl sites for hydroxylation is 2. The third kappa shape index (κ3) is 7.81. The Labute approximate surface area is 276 Å². The molecule has 0 bridgehead atoms. The second kappa shape index (κ2) is 16.5. The quantitative estimate of drug-likeness (QED) is 0.0630. The molecule has 0 fully saturated rings. The van der Waals surface area contributed by atoms with Crippen molar-refractivity contribution in [3.63, 3.8) is 0 Å². The van der Waals surface area contributed by atoms with E-state index in [0.29, 0.717) is 0 Å². The van der Waals surface area contributed by atoms with E-state index in [1.165, 1.54) is 159 Å². The second-order valence-electron chi connectivity index (χ2n) is 14.0. The largest absolute Gasteiger partial charge is 0.460 e. The number of fused-ring (bicyclic) bond motifs is 9. The minimum atomic E-state index is 1.03. The zero-order chi connectivity index (χ0) is 31.6. The molecule has 6 rings (SSSR count). The Morgan fingerprint density at radius 2 is 0.652 bits per heavy atom. The first kappa shape index (κ1) is 32.7. The number of hydrogen-bond acceptors (Lipinski definition) is 2. The van der Waals surface area contributed by atoms with Gasteiger partial charge in [-0.25, -0.2) is 0 Å². The van der Waals surface area contributed by atoms with Crippen molar-refractivity contribution in [3.8, 4) is 0 Å². The topological polar surface area (TPSA) is 26.3 Å². The Morgan fingerprint density at radius 3 is 1.04 bits per heavy atom. The van der Waals surface area contributed by atoms with Crippen molar-refractivity contribution in [2.45, 2.75) is 142 Å². The molecule has 0 aliphatic carbocycles. The molecule has 2 heterocycles. The Hall–Kier alpha value is -3.26. The minimum absolute atomic E-state index is 1.03. The van der Waals surface area contributed by atoms with Gasteiger partial charge in [-0.3, -0.25) is 0 Å². The molecule has 0 amide bonds. The lowest BCUT2D eigenvalue weighted by molar-refractivity contribution is 0.518. The summed E-state index contributed by atoms with van der Waals surface area (Å²) in [5.74, 6) is 2.25. The van der Waals surface area contributed by atoms with E-state index in [4.69, 9.17) is 8.83 Å². The first-order valence-electron chi connectivity index (χ1n) is 19.0. The molecular formula is C44H56O2. The standard InChI is InChI=1S/C44H56O2/c1-3-5-7-9-11-13-15-17-19-21-35-31-33-23-25-39-37-28-30-42-40(38(37)27-29-41(39)43(33)45-35)26-24-34-32-36(46-44(34)42)22-20-18-16-14-12-10-8-6-4-2/h23-32H,3-22H2,1-2H3. The van der Waals surface area contributed by atoms with Gasteiger partial charge in [0.2, 0.25) is 0 Å². The molecule has 0 saturated heterocycles. The lowest BCUT2D eigenvalue weighted by Gasteiger charge is -2.08.